The Hall–Kier alpha value is -8.09. The molecule has 0 radical (unpaired) electrons. The number of fused-ring (bicyclic) bond motifs is 13. The van der Waals surface area contributed by atoms with Gasteiger partial charge in [-0.2, -0.15) is 0 Å². The Labute approximate surface area is 336 Å². The Morgan fingerprint density at radius 1 is 0.339 bits per heavy atom. The number of benzene rings is 9. The molecule has 0 atom stereocenters. The molecule has 13 rings (SSSR count). The first-order valence-electron chi connectivity index (χ1n) is 19.8. The second kappa shape index (κ2) is 12.2. The van der Waals surface area contributed by atoms with Gasteiger partial charge >= 0.3 is 0 Å². The smallest absolute Gasteiger partial charge is 0.166 e. The molecule has 0 aliphatic rings. The van der Waals surface area contributed by atoms with Crippen molar-refractivity contribution in [3.8, 4) is 39.9 Å². The fraction of sp³-hybridized carbons (Fsp3) is 0. The van der Waals surface area contributed by atoms with Crippen LogP contribution in [0.2, 0.25) is 0 Å². The lowest BCUT2D eigenvalue weighted by molar-refractivity contribution is 0.672. The number of aromatic nitrogens is 4. The van der Waals surface area contributed by atoms with Gasteiger partial charge in [0.25, 0.3) is 0 Å². The predicted octanol–water partition coefficient (Wildman–Crippen LogP) is 14.1. The standard InChI is InChI=1S/C53H30N4O2/c1-3-17-33-31(15-1)29-40(47-38-22-8-13-27-45(38)58-49(33)47)52-54-51(37-21-7-12-26-44(37)57-42-24-10-5-19-35(42)36-20-6-11-25-43(36)57)55-53(56-52)41-30-32-16-2-4-18-34(32)50-48(41)39-23-9-14-28-46(39)59-50/h1-30H. The molecule has 0 aliphatic heterocycles. The molecule has 9 aromatic carbocycles. The van der Waals surface area contributed by atoms with Gasteiger partial charge in [0.15, 0.2) is 17.5 Å². The zero-order valence-electron chi connectivity index (χ0n) is 31.4. The van der Waals surface area contributed by atoms with Crippen LogP contribution in [0.4, 0.5) is 0 Å². The summed E-state index contributed by atoms with van der Waals surface area (Å²) in [6.07, 6.45) is 0. The summed E-state index contributed by atoms with van der Waals surface area (Å²) in [6, 6.07) is 63.1. The summed E-state index contributed by atoms with van der Waals surface area (Å²) in [6.45, 7) is 0. The van der Waals surface area contributed by atoms with Gasteiger partial charge in [-0.3, -0.25) is 0 Å². The van der Waals surface area contributed by atoms with E-state index < -0.39 is 0 Å². The number of furan rings is 2. The van der Waals surface area contributed by atoms with E-state index in [0.717, 1.165) is 98.8 Å². The molecular formula is C53H30N4O2. The van der Waals surface area contributed by atoms with Crippen LogP contribution in [0.5, 0.6) is 0 Å². The largest absolute Gasteiger partial charge is 0.455 e. The van der Waals surface area contributed by atoms with Gasteiger partial charge in [0.1, 0.15) is 22.3 Å². The lowest BCUT2D eigenvalue weighted by Gasteiger charge is -2.15. The number of hydrogen-bond donors (Lipinski definition) is 0. The van der Waals surface area contributed by atoms with E-state index in [9.17, 15) is 0 Å². The maximum absolute atomic E-state index is 6.66. The molecule has 59 heavy (non-hydrogen) atoms. The highest BCUT2D eigenvalue weighted by Crippen LogP contribution is 2.44. The van der Waals surface area contributed by atoms with Crippen molar-refractivity contribution < 1.29 is 8.83 Å². The van der Waals surface area contributed by atoms with Crippen molar-refractivity contribution in [2.24, 2.45) is 0 Å². The minimum atomic E-state index is 0.554. The summed E-state index contributed by atoms with van der Waals surface area (Å²) in [5.74, 6) is 1.67. The molecule has 0 amide bonds. The van der Waals surface area contributed by atoms with Gasteiger partial charge in [-0.05, 0) is 59.3 Å². The zero-order chi connectivity index (χ0) is 38.6. The Balaban J connectivity index is 1.18. The molecule has 0 bridgehead atoms. The van der Waals surface area contributed by atoms with Gasteiger partial charge in [-0.15, -0.1) is 0 Å². The van der Waals surface area contributed by atoms with Crippen molar-refractivity contribution in [3.63, 3.8) is 0 Å². The lowest BCUT2D eigenvalue weighted by atomic mass is 9.98. The molecular weight excluding hydrogens is 725 g/mol. The molecule has 0 N–H and O–H groups in total. The van der Waals surface area contributed by atoms with Crippen LogP contribution in [0, 0.1) is 0 Å². The van der Waals surface area contributed by atoms with Crippen molar-refractivity contribution in [2.75, 3.05) is 0 Å². The Morgan fingerprint density at radius 2 is 0.729 bits per heavy atom. The van der Waals surface area contributed by atoms with E-state index >= 15 is 0 Å². The van der Waals surface area contributed by atoms with Crippen molar-refractivity contribution >= 4 is 87.2 Å². The maximum atomic E-state index is 6.66. The second-order valence-electron chi connectivity index (χ2n) is 15.1. The van der Waals surface area contributed by atoms with E-state index in [-0.39, 0.29) is 0 Å². The molecule has 13 aromatic rings. The van der Waals surface area contributed by atoms with E-state index in [0.29, 0.717) is 17.5 Å². The van der Waals surface area contributed by atoms with E-state index in [2.05, 4.69) is 162 Å². The minimum Gasteiger partial charge on any atom is -0.455 e. The fourth-order valence-electron chi connectivity index (χ4n) is 9.25. The van der Waals surface area contributed by atoms with Crippen LogP contribution in [-0.2, 0) is 0 Å². The third-order valence-electron chi connectivity index (χ3n) is 11.8. The Bertz CT molecular complexity index is 3650. The van der Waals surface area contributed by atoms with Gasteiger partial charge in [0.05, 0.1) is 16.7 Å². The van der Waals surface area contributed by atoms with Gasteiger partial charge in [-0.1, -0.05) is 133 Å². The molecule has 0 aliphatic carbocycles. The average Bonchev–Trinajstić information content (AvgIpc) is 3.99. The fourth-order valence-corrected chi connectivity index (χ4v) is 9.25. The zero-order valence-corrected chi connectivity index (χ0v) is 31.4. The highest BCUT2D eigenvalue weighted by Gasteiger charge is 2.24. The van der Waals surface area contributed by atoms with Crippen molar-refractivity contribution in [1.82, 2.24) is 19.5 Å². The molecule has 6 heteroatoms. The van der Waals surface area contributed by atoms with Crippen LogP contribution < -0.4 is 0 Å². The van der Waals surface area contributed by atoms with Gasteiger partial charge in [-0.25, -0.2) is 15.0 Å². The highest BCUT2D eigenvalue weighted by molar-refractivity contribution is 6.22. The lowest BCUT2D eigenvalue weighted by Crippen LogP contribution is -2.04. The van der Waals surface area contributed by atoms with Crippen LogP contribution in [0.1, 0.15) is 0 Å². The summed E-state index contributed by atoms with van der Waals surface area (Å²) in [4.78, 5) is 16.4. The summed E-state index contributed by atoms with van der Waals surface area (Å²) < 4.78 is 15.7. The Morgan fingerprint density at radius 3 is 1.25 bits per heavy atom. The first-order valence-corrected chi connectivity index (χ1v) is 19.8. The van der Waals surface area contributed by atoms with Crippen LogP contribution >= 0.6 is 0 Å². The number of hydrogen-bond acceptors (Lipinski definition) is 5. The van der Waals surface area contributed by atoms with Gasteiger partial charge in [0.2, 0.25) is 0 Å². The molecule has 0 fully saturated rings. The first kappa shape index (κ1) is 32.0. The highest BCUT2D eigenvalue weighted by atomic mass is 16.3. The molecule has 0 saturated heterocycles. The summed E-state index contributed by atoms with van der Waals surface area (Å²) in [5, 5.41) is 10.5. The molecule has 0 unspecified atom stereocenters. The molecule has 0 saturated carbocycles. The SMILES string of the molecule is c1ccc(-n2c3ccccc3c3ccccc32)c(-c2nc(-c3cc4ccccc4c4oc5ccccc5c34)nc(-c3cc4ccccc4c4oc5ccccc5c34)n2)c1. The van der Waals surface area contributed by atoms with Crippen LogP contribution in [0.15, 0.2) is 191 Å². The molecule has 0 spiro atoms. The molecule has 4 heterocycles. The van der Waals surface area contributed by atoms with Gasteiger partial charge < -0.3 is 13.4 Å². The molecule has 6 nitrogen and oxygen atoms in total. The van der Waals surface area contributed by atoms with Crippen LogP contribution in [0.25, 0.3) is 127 Å². The van der Waals surface area contributed by atoms with Gasteiger partial charge in [0, 0.05) is 59.8 Å². The first-order chi connectivity index (χ1) is 29.3. The number of rotatable bonds is 4. The number of para-hydroxylation sites is 5. The van der Waals surface area contributed by atoms with E-state index in [1.165, 1.54) is 10.8 Å². The van der Waals surface area contributed by atoms with E-state index in [4.69, 9.17) is 23.8 Å². The molecule has 4 aromatic heterocycles. The van der Waals surface area contributed by atoms with Crippen molar-refractivity contribution in [2.45, 2.75) is 0 Å². The normalized spacial score (nSPS) is 12.1. The van der Waals surface area contributed by atoms with Crippen molar-refractivity contribution in [3.05, 3.63) is 182 Å². The predicted molar refractivity (Wildman–Crippen MR) is 240 cm³/mol. The second-order valence-corrected chi connectivity index (χ2v) is 15.1. The van der Waals surface area contributed by atoms with Crippen molar-refractivity contribution in [1.29, 1.82) is 0 Å². The molecule has 274 valence electrons. The third-order valence-corrected chi connectivity index (χ3v) is 11.8. The summed E-state index contributed by atoms with van der Waals surface area (Å²) >= 11 is 0. The summed E-state index contributed by atoms with van der Waals surface area (Å²) in [7, 11) is 0. The Kier molecular flexibility index (Phi) is 6.63. The number of nitrogens with zero attached hydrogens (tertiary/aromatic N) is 4. The van der Waals surface area contributed by atoms with Crippen LogP contribution in [-0.4, -0.2) is 19.5 Å². The van der Waals surface area contributed by atoms with E-state index in [1.807, 2.05) is 24.3 Å². The average molecular weight is 755 g/mol. The maximum Gasteiger partial charge on any atom is 0.166 e. The third kappa shape index (κ3) is 4.65. The summed E-state index contributed by atoms with van der Waals surface area (Å²) in [5.41, 5.74) is 9.06. The van der Waals surface area contributed by atoms with Crippen LogP contribution in [0.3, 0.4) is 0 Å². The minimum absolute atomic E-state index is 0.554. The monoisotopic (exact) mass is 754 g/mol. The quantitative estimate of drug-likeness (QED) is 0.179. The van der Waals surface area contributed by atoms with E-state index in [1.54, 1.807) is 0 Å². The topological polar surface area (TPSA) is 69.9 Å².